The minimum atomic E-state index is -0.165. The number of hydrogen-bond donors (Lipinski definition) is 1. The van der Waals surface area contributed by atoms with E-state index in [2.05, 4.69) is 42.7 Å². The highest BCUT2D eigenvalue weighted by molar-refractivity contribution is 5.19. The summed E-state index contributed by atoms with van der Waals surface area (Å²) in [5.41, 5.74) is 1.13. The average molecular weight is 273 g/mol. The lowest BCUT2D eigenvalue weighted by Gasteiger charge is -2.42. The third-order valence-electron chi connectivity index (χ3n) is 4.92. The quantitative estimate of drug-likeness (QED) is 0.805. The summed E-state index contributed by atoms with van der Waals surface area (Å²) in [6.45, 7) is 9.88. The Kier molecular flexibility index (Phi) is 5.38. The monoisotopic (exact) mass is 273 g/mol. The van der Waals surface area contributed by atoms with E-state index in [4.69, 9.17) is 0 Å². The fourth-order valence-corrected chi connectivity index (χ4v) is 3.43. The minimum absolute atomic E-state index is 0.165. The molecule has 1 heterocycles. The highest BCUT2D eigenvalue weighted by Crippen LogP contribution is 2.39. The van der Waals surface area contributed by atoms with E-state index in [1.165, 1.54) is 5.56 Å². The van der Waals surface area contributed by atoms with Crippen molar-refractivity contribution >= 4 is 0 Å². The van der Waals surface area contributed by atoms with Gasteiger partial charge in [-0.05, 0) is 50.4 Å². The first kappa shape index (κ1) is 15.3. The average Bonchev–Trinajstić information content (AvgIpc) is 2.54. The van der Waals surface area contributed by atoms with Gasteiger partial charge in [-0.25, -0.2) is 0 Å². The molecular weight excluding hydrogens is 246 g/mol. The zero-order valence-corrected chi connectivity index (χ0v) is 12.6. The molecule has 0 aromatic heterocycles. The molecule has 0 amide bonds. The zero-order valence-electron chi connectivity index (χ0n) is 12.6. The maximum absolute atomic E-state index is 10.0. The van der Waals surface area contributed by atoms with Gasteiger partial charge in [-0.2, -0.15) is 0 Å². The maximum Gasteiger partial charge on any atom is 0.0527 e. The van der Waals surface area contributed by atoms with Crippen molar-refractivity contribution in [2.24, 2.45) is 11.3 Å². The van der Waals surface area contributed by atoms with E-state index in [9.17, 15) is 5.11 Å². The third-order valence-corrected chi connectivity index (χ3v) is 4.92. The molecule has 1 atom stereocenters. The fraction of sp³-hybridized carbons (Fsp3) is 0.556. The van der Waals surface area contributed by atoms with Crippen LogP contribution in [0.5, 0.6) is 0 Å². The number of aliphatic hydroxyl groups is 1. The lowest BCUT2D eigenvalue weighted by Crippen LogP contribution is -2.43. The van der Waals surface area contributed by atoms with Crippen molar-refractivity contribution < 1.29 is 5.11 Å². The van der Waals surface area contributed by atoms with Crippen molar-refractivity contribution in [1.29, 1.82) is 0 Å². The summed E-state index contributed by atoms with van der Waals surface area (Å²) in [7, 11) is 0. The van der Waals surface area contributed by atoms with Gasteiger partial charge in [-0.3, -0.25) is 0 Å². The van der Waals surface area contributed by atoms with E-state index in [-0.39, 0.29) is 12.0 Å². The molecule has 20 heavy (non-hydrogen) atoms. The Balaban J connectivity index is 2.11. The molecule has 2 heteroatoms. The van der Waals surface area contributed by atoms with E-state index in [0.717, 1.165) is 38.9 Å². The predicted octanol–water partition coefficient (Wildman–Crippen LogP) is 3.13. The molecule has 0 spiro atoms. The van der Waals surface area contributed by atoms with Crippen molar-refractivity contribution in [3.63, 3.8) is 0 Å². The lowest BCUT2D eigenvalue weighted by molar-refractivity contribution is 0.0587. The molecule has 0 aliphatic carbocycles. The van der Waals surface area contributed by atoms with E-state index in [1.54, 1.807) is 0 Å². The topological polar surface area (TPSA) is 23.5 Å². The summed E-state index contributed by atoms with van der Waals surface area (Å²) in [6.07, 6.45) is 5.22. The first-order chi connectivity index (χ1) is 9.74. The lowest BCUT2D eigenvalue weighted by atomic mass is 9.68. The molecule has 0 saturated carbocycles. The van der Waals surface area contributed by atoms with Gasteiger partial charge in [-0.1, -0.05) is 43.3 Å². The van der Waals surface area contributed by atoms with Gasteiger partial charge in [0.1, 0.15) is 0 Å². The van der Waals surface area contributed by atoms with Crippen LogP contribution in [-0.2, 0) is 6.42 Å². The summed E-state index contributed by atoms with van der Waals surface area (Å²) in [5.74, 6) is 0.535. The second kappa shape index (κ2) is 7.05. The number of aliphatic hydroxyl groups excluding tert-OH is 1. The predicted molar refractivity (Wildman–Crippen MR) is 84.7 cm³/mol. The molecule has 1 aromatic rings. The van der Waals surface area contributed by atoms with Gasteiger partial charge in [0, 0.05) is 5.41 Å². The number of likely N-dealkylation sites (tertiary alicyclic amines) is 1. The molecular formula is C18H27NO. The Bertz CT molecular complexity index is 409. The Morgan fingerprint density at radius 1 is 1.30 bits per heavy atom. The van der Waals surface area contributed by atoms with Gasteiger partial charge >= 0.3 is 0 Å². The molecule has 2 rings (SSSR count). The van der Waals surface area contributed by atoms with E-state index in [1.807, 2.05) is 12.1 Å². The molecule has 1 aromatic carbocycles. The zero-order chi connectivity index (χ0) is 14.4. The molecule has 1 aliphatic heterocycles. The van der Waals surface area contributed by atoms with Crippen LogP contribution in [0, 0.1) is 11.3 Å². The summed E-state index contributed by atoms with van der Waals surface area (Å²) < 4.78 is 0. The molecule has 110 valence electrons. The molecule has 0 radical (unpaired) electrons. The first-order valence-electron chi connectivity index (χ1n) is 7.75. The van der Waals surface area contributed by atoms with Gasteiger partial charge in [0.05, 0.1) is 6.61 Å². The Labute approximate surface area is 123 Å². The first-order valence-corrected chi connectivity index (χ1v) is 7.75. The highest BCUT2D eigenvalue weighted by Gasteiger charge is 2.37. The molecule has 1 unspecified atom stereocenters. The Morgan fingerprint density at radius 3 is 2.45 bits per heavy atom. The molecule has 2 nitrogen and oxygen atoms in total. The van der Waals surface area contributed by atoms with Gasteiger partial charge in [0.25, 0.3) is 0 Å². The van der Waals surface area contributed by atoms with Crippen LogP contribution in [0.15, 0.2) is 43.0 Å². The fourth-order valence-electron chi connectivity index (χ4n) is 3.43. The van der Waals surface area contributed by atoms with Crippen LogP contribution in [0.4, 0.5) is 0 Å². The van der Waals surface area contributed by atoms with Gasteiger partial charge < -0.3 is 10.0 Å². The van der Waals surface area contributed by atoms with E-state index < -0.39 is 0 Å². The van der Waals surface area contributed by atoms with Crippen molar-refractivity contribution in [1.82, 2.24) is 4.90 Å². The number of rotatable bonds is 6. The molecule has 1 saturated heterocycles. The third kappa shape index (κ3) is 3.31. The molecule has 1 N–H and O–H groups in total. The second-order valence-electron chi connectivity index (χ2n) is 5.97. The molecule has 1 aliphatic rings. The number of benzene rings is 1. The Hall–Kier alpha value is -1.12. The SMILES string of the molecule is C=CC(CO)(Cc1ccccc1)C1CCN(CC)CC1. The van der Waals surface area contributed by atoms with Gasteiger partial charge in [-0.15, -0.1) is 6.58 Å². The minimum Gasteiger partial charge on any atom is -0.395 e. The number of piperidine rings is 1. The van der Waals surface area contributed by atoms with Crippen LogP contribution < -0.4 is 0 Å². The van der Waals surface area contributed by atoms with Crippen LogP contribution in [-0.4, -0.2) is 36.2 Å². The van der Waals surface area contributed by atoms with Crippen molar-refractivity contribution in [2.45, 2.75) is 26.2 Å². The van der Waals surface area contributed by atoms with Crippen LogP contribution in [0.2, 0.25) is 0 Å². The van der Waals surface area contributed by atoms with Gasteiger partial charge in [0.2, 0.25) is 0 Å². The summed E-state index contributed by atoms with van der Waals surface area (Å²) in [5, 5.41) is 10.0. The molecule has 1 fully saturated rings. The van der Waals surface area contributed by atoms with Crippen molar-refractivity contribution in [3.8, 4) is 0 Å². The van der Waals surface area contributed by atoms with E-state index >= 15 is 0 Å². The maximum atomic E-state index is 10.0. The smallest absolute Gasteiger partial charge is 0.0527 e. The van der Waals surface area contributed by atoms with Crippen molar-refractivity contribution in [2.75, 3.05) is 26.2 Å². The molecule has 0 bridgehead atoms. The summed E-state index contributed by atoms with van der Waals surface area (Å²) in [4.78, 5) is 2.49. The normalized spacial score (nSPS) is 20.5. The van der Waals surface area contributed by atoms with Crippen LogP contribution in [0.3, 0.4) is 0 Å². The number of hydrogen-bond acceptors (Lipinski definition) is 2. The summed E-state index contributed by atoms with van der Waals surface area (Å²) >= 11 is 0. The largest absolute Gasteiger partial charge is 0.395 e. The Morgan fingerprint density at radius 2 is 1.95 bits per heavy atom. The van der Waals surface area contributed by atoms with Crippen LogP contribution in [0.25, 0.3) is 0 Å². The standard InChI is InChI=1S/C18H27NO/c1-3-18(15-20,14-16-8-6-5-7-9-16)17-10-12-19(4-2)13-11-17/h3,5-9,17,20H,1,4,10-15H2,2H3. The van der Waals surface area contributed by atoms with Gasteiger partial charge in [0.15, 0.2) is 0 Å². The van der Waals surface area contributed by atoms with E-state index in [0.29, 0.717) is 5.92 Å². The van der Waals surface area contributed by atoms with Crippen LogP contribution in [0.1, 0.15) is 25.3 Å². The number of nitrogens with zero attached hydrogens (tertiary/aromatic N) is 1. The van der Waals surface area contributed by atoms with Crippen molar-refractivity contribution in [3.05, 3.63) is 48.6 Å². The second-order valence-corrected chi connectivity index (χ2v) is 5.97. The van der Waals surface area contributed by atoms with Crippen LogP contribution >= 0.6 is 0 Å². The highest BCUT2D eigenvalue weighted by atomic mass is 16.3. The summed E-state index contributed by atoms with van der Waals surface area (Å²) in [6, 6.07) is 10.5.